The summed E-state index contributed by atoms with van der Waals surface area (Å²) in [6.07, 6.45) is 8.01. The molecule has 0 bridgehead atoms. The zero-order valence-electron chi connectivity index (χ0n) is 18.2. The van der Waals surface area contributed by atoms with Crippen LogP contribution >= 0.6 is 22.6 Å². The minimum Gasteiger partial charge on any atom is -0.481 e. The molecule has 4 aliphatic rings. The second kappa shape index (κ2) is 7.91. The van der Waals surface area contributed by atoms with E-state index in [-0.39, 0.29) is 29.5 Å². The molecule has 0 aliphatic heterocycles. The maximum absolute atomic E-state index is 11.5. The third-order valence-electron chi connectivity index (χ3n) is 10.4. The number of hydrogen-bond acceptors (Lipinski definition) is 3. The molecule has 166 valence electrons. The number of hydrogen-bond donors (Lipinski definition) is 3. The lowest BCUT2D eigenvalue weighted by Crippen LogP contribution is -2.61. The van der Waals surface area contributed by atoms with Crippen molar-refractivity contribution in [3.8, 4) is 0 Å². The van der Waals surface area contributed by atoms with Gasteiger partial charge in [-0.15, -0.1) is 0 Å². The predicted molar refractivity (Wildman–Crippen MR) is 122 cm³/mol. The number of halogens is 1. The zero-order chi connectivity index (χ0) is 21.1. The van der Waals surface area contributed by atoms with Gasteiger partial charge in [0.05, 0.1) is 12.2 Å². The van der Waals surface area contributed by atoms with Gasteiger partial charge in [0.15, 0.2) is 0 Å². The molecule has 0 radical (unpaired) electrons. The Labute approximate surface area is 189 Å². The fourth-order valence-electron chi connectivity index (χ4n) is 8.73. The Hall–Kier alpha value is 0.120. The van der Waals surface area contributed by atoms with E-state index >= 15 is 0 Å². The van der Waals surface area contributed by atoms with Crippen molar-refractivity contribution in [2.24, 2.45) is 46.3 Å². The van der Waals surface area contributed by atoms with Crippen LogP contribution in [0.4, 0.5) is 0 Å². The molecule has 0 aromatic carbocycles. The van der Waals surface area contributed by atoms with Crippen molar-refractivity contribution in [2.45, 2.75) is 94.7 Å². The van der Waals surface area contributed by atoms with E-state index in [0.717, 1.165) is 32.1 Å². The highest BCUT2D eigenvalue weighted by Gasteiger charge is 2.65. The van der Waals surface area contributed by atoms with Crippen LogP contribution in [0.3, 0.4) is 0 Å². The van der Waals surface area contributed by atoms with Crippen LogP contribution in [0.1, 0.15) is 78.6 Å². The van der Waals surface area contributed by atoms with Crippen LogP contribution in [0, 0.1) is 46.3 Å². The van der Waals surface area contributed by atoms with Crippen LogP contribution < -0.4 is 0 Å². The smallest absolute Gasteiger partial charge is 0.303 e. The van der Waals surface area contributed by atoms with E-state index in [1.165, 1.54) is 19.3 Å². The standard InChI is InChI=1S/C24H39IO4/c1-13(4-9-22(28)29)17-7-8-18-16-6-5-14-10-15(26)11-20(25)23(14,2)19(16)12-21(27)24(17,18)3/h13-21,26-27H,4-12H2,1-3H3,(H,28,29)/t13-,14-,15+,16+,17-,18+,19+,20?,21+,23+,24-/m1/s1. The zero-order valence-corrected chi connectivity index (χ0v) is 20.3. The van der Waals surface area contributed by atoms with Crippen LogP contribution in [-0.2, 0) is 4.79 Å². The fraction of sp³-hybridized carbons (Fsp3) is 0.958. The third kappa shape index (κ3) is 3.40. The lowest BCUT2D eigenvalue weighted by atomic mass is 9.43. The number of aliphatic hydroxyl groups is 2. The van der Waals surface area contributed by atoms with Crippen LogP contribution in [0.2, 0.25) is 0 Å². The van der Waals surface area contributed by atoms with Crippen molar-refractivity contribution in [3.05, 3.63) is 0 Å². The largest absolute Gasteiger partial charge is 0.481 e. The molecule has 4 saturated carbocycles. The van der Waals surface area contributed by atoms with E-state index in [0.29, 0.717) is 39.4 Å². The van der Waals surface area contributed by atoms with Gasteiger partial charge in [0.1, 0.15) is 0 Å². The number of aliphatic hydroxyl groups excluding tert-OH is 2. The summed E-state index contributed by atoms with van der Waals surface area (Å²) in [7, 11) is 0. The first-order chi connectivity index (χ1) is 13.6. The first-order valence-corrected chi connectivity index (χ1v) is 13.1. The van der Waals surface area contributed by atoms with E-state index in [2.05, 4.69) is 43.4 Å². The molecule has 1 unspecified atom stereocenters. The second-order valence-corrected chi connectivity index (χ2v) is 12.8. The molecular weight excluding hydrogens is 479 g/mol. The summed E-state index contributed by atoms with van der Waals surface area (Å²) in [6.45, 7) is 7.00. The predicted octanol–water partition coefficient (Wildman–Crippen LogP) is 4.89. The number of carboxylic acid groups (broad SMARTS) is 1. The van der Waals surface area contributed by atoms with Crippen LogP contribution in [0.15, 0.2) is 0 Å². The first-order valence-electron chi connectivity index (χ1n) is 11.8. The summed E-state index contributed by atoms with van der Waals surface area (Å²) in [5.41, 5.74) is 0.148. The molecule has 0 saturated heterocycles. The number of alkyl halides is 1. The van der Waals surface area contributed by atoms with Gasteiger partial charge in [0, 0.05) is 10.3 Å². The normalized spacial score (nSPS) is 52.9. The molecular formula is C24H39IO4. The SMILES string of the molecule is C[C@H](CCC(=O)O)[C@H]1CC[C@H]2[C@@H]3CC[C@@H]4C[C@H](O)CC(I)[C@]4(C)[C@H]3C[C@H](O)[C@]12C. The van der Waals surface area contributed by atoms with Gasteiger partial charge in [0.25, 0.3) is 0 Å². The molecule has 11 atom stereocenters. The number of fused-ring (bicyclic) bond motifs is 5. The Morgan fingerprint density at radius 1 is 1.03 bits per heavy atom. The van der Waals surface area contributed by atoms with Crippen molar-refractivity contribution < 1.29 is 20.1 Å². The van der Waals surface area contributed by atoms with Gasteiger partial charge in [-0.25, -0.2) is 0 Å². The van der Waals surface area contributed by atoms with Gasteiger partial charge in [-0.05, 0) is 97.7 Å². The summed E-state index contributed by atoms with van der Waals surface area (Å²) in [5, 5.41) is 31.0. The number of rotatable bonds is 4. The highest BCUT2D eigenvalue weighted by atomic mass is 127. The molecule has 4 aliphatic carbocycles. The van der Waals surface area contributed by atoms with E-state index in [1.807, 2.05) is 0 Å². The van der Waals surface area contributed by atoms with Crippen LogP contribution in [0.25, 0.3) is 0 Å². The molecule has 0 aromatic rings. The van der Waals surface area contributed by atoms with Gasteiger partial charge >= 0.3 is 5.97 Å². The minimum absolute atomic E-state index is 0.0722. The van der Waals surface area contributed by atoms with Crippen LogP contribution in [0.5, 0.6) is 0 Å². The first kappa shape index (κ1) is 22.3. The third-order valence-corrected chi connectivity index (χ3v) is 12.2. The topological polar surface area (TPSA) is 77.8 Å². The minimum atomic E-state index is -0.709. The Kier molecular flexibility index (Phi) is 6.09. The highest BCUT2D eigenvalue weighted by Crippen LogP contribution is 2.69. The van der Waals surface area contributed by atoms with Crippen molar-refractivity contribution in [2.75, 3.05) is 0 Å². The van der Waals surface area contributed by atoms with Gasteiger partial charge in [-0.2, -0.15) is 0 Å². The quantitative estimate of drug-likeness (QED) is 0.366. The van der Waals surface area contributed by atoms with Crippen molar-refractivity contribution in [3.63, 3.8) is 0 Å². The number of carbonyl (C=O) groups is 1. The van der Waals surface area contributed by atoms with Gasteiger partial charge < -0.3 is 15.3 Å². The molecule has 0 heterocycles. The van der Waals surface area contributed by atoms with E-state index in [4.69, 9.17) is 5.11 Å². The van der Waals surface area contributed by atoms with Crippen molar-refractivity contribution in [1.29, 1.82) is 0 Å². The molecule has 3 N–H and O–H groups in total. The Morgan fingerprint density at radius 2 is 1.76 bits per heavy atom. The summed E-state index contributed by atoms with van der Waals surface area (Å²) in [6, 6.07) is 0. The number of aliphatic carboxylic acids is 1. The summed E-state index contributed by atoms with van der Waals surface area (Å²) < 4.78 is 0.477. The lowest BCUT2D eigenvalue weighted by Gasteiger charge is -2.63. The molecule has 0 spiro atoms. The molecule has 29 heavy (non-hydrogen) atoms. The van der Waals surface area contributed by atoms with E-state index < -0.39 is 5.97 Å². The Bertz CT molecular complexity index is 640. The molecule has 5 heteroatoms. The van der Waals surface area contributed by atoms with Gasteiger partial charge in [-0.3, -0.25) is 4.79 Å². The average molecular weight is 518 g/mol. The number of carboxylic acids is 1. The maximum Gasteiger partial charge on any atom is 0.303 e. The van der Waals surface area contributed by atoms with E-state index in [9.17, 15) is 15.0 Å². The molecule has 4 rings (SSSR count). The van der Waals surface area contributed by atoms with Crippen molar-refractivity contribution in [1.82, 2.24) is 0 Å². The summed E-state index contributed by atoms with van der Waals surface area (Å²) in [4.78, 5) is 11.1. The molecule has 4 fully saturated rings. The summed E-state index contributed by atoms with van der Waals surface area (Å²) >= 11 is 2.60. The van der Waals surface area contributed by atoms with Crippen LogP contribution in [-0.4, -0.2) is 37.4 Å². The summed E-state index contributed by atoms with van der Waals surface area (Å²) in [5.74, 6) is 2.43. The van der Waals surface area contributed by atoms with E-state index in [1.54, 1.807) is 0 Å². The van der Waals surface area contributed by atoms with Gasteiger partial charge in [0.2, 0.25) is 0 Å². The highest BCUT2D eigenvalue weighted by molar-refractivity contribution is 14.1. The average Bonchev–Trinajstić information content (AvgIpc) is 3.01. The fourth-order valence-corrected chi connectivity index (χ4v) is 10.3. The molecule has 4 nitrogen and oxygen atoms in total. The Balaban J connectivity index is 1.59. The van der Waals surface area contributed by atoms with Crippen molar-refractivity contribution >= 4 is 28.6 Å². The second-order valence-electron chi connectivity index (χ2n) is 11.3. The van der Waals surface area contributed by atoms with Gasteiger partial charge in [-0.1, -0.05) is 43.4 Å². The maximum atomic E-state index is 11.5. The molecule has 0 aromatic heterocycles. The monoisotopic (exact) mass is 518 g/mol. The lowest BCUT2D eigenvalue weighted by molar-refractivity contribution is -0.171. The Morgan fingerprint density at radius 3 is 2.45 bits per heavy atom. The molecule has 0 amide bonds.